The van der Waals surface area contributed by atoms with E-state index in [9.17, 15) is 9.59 Å². The molecule has 1 fully saturated rings. The van der Waals surface area contributed by atoms with Crippen LogP contribution in [-0.4, -0.2) is 37.2 Å². The molecule has 1 aliphatic heterocycles. The molecule has 20 heavy (non-hydrogen) atoms. The monoisotopic (exact) mass is 278 g/mol. The van der Waals surface area contributed by atoms with E-state index in [0.717, 1.165) is 13.1 Å². The molecule has 1 amide bonds. The normalized spacial score (nSPS) is 16.1. The third kappa shape index (κ3) is 2.91. The number of benzene rings is 1. The molecule has 108 valence electrons. The third-order valence-electron chi connectivity index (χ3n) is 3.65. The minimum Gasteiger partial charge on any atom is -0.497 e. The summed E-state index contributed by atoms with van der Waals surface area (Å²) in [6.45, 7) is 3.48. The lowest BCUT2D eigenvalue weighted by molar-refractivity contribution is -0.121. The van der Waals surface area contributed by atoms with Crippen molar-refractivity contribution in [3.05, 3.63) is 23.8 Å². The molecule has 6 heteroatoms. The Hall–Kier alpha value is -2.08. The zero-order valence-electron chi connectivity index (χ0n) is 11.5. The molecule has 1 aromatic rings. The van der Waals surface area contributed by atoms with E-state index < -0.39 is 5.97 Å². The smallest absolute Gasteiger partial charge is 0.337 e. The molecule has 1 heterocycles. The highest BCUT2D eigenvalue weighted by molar-refractivity contribution is 6.01. The molecule has 1 unspecified atom stereocenters. The Labute approximate surface area is 117 Å². The van der Waals surface area contributed by atoms with E-state index in [1.807, 2.05) is 6.92 Å². The number of carbonyl (C=O) groups excluding carboxylic acids is 1. The summed E-state index contributed by atoms with van der Waals surface area (Å²) in [6.07, 6.45) is 0. The molecule has 1 aromatic carbocycles. The van der Waals surface area contributed by atoms with Gasteiger partial charge in [-0.1, -0.05) is 6.92 Å². The van der Waals surface area contributed by atoms with E-state index in [1.54, 1.807) is 6.07 Å². The fourth-order valence-corrected chi connectivity index (χ4v) is 2.07. The number of hydrogen-bond acceptors (Lipinski definition) is 4. The van der Waals surface area contributed by atoms with Crippen LogP contribution in [0.4, 0.5) is 5.69 Å². The van der Waals surface area contributed by atoms with Crippen molar-refractivity contribution in [3.63, 3.8) is 0 Å². The maximum Gasteiger partial charge on any atom is 0.337 e. The molecule has 0 saturated carbocycles. The molecule has 0 spiro atoms. The number of ether oxygens (including phenoxy) is 1. The van der Waals surface area contributed by atoms with Gasteiger partial charge in [-0.2, -0.15) is 0 Å². The Morgan fingerprint density at radius 2 is 2.15 bits per heavy atom. The maximum absolute atomic E-state index is 12.1. The molecular weight excluding hydrogens is 260 g/mol. The van der Waals surface area contributed by atoms with E-state index in [1.165, 1.54) is 19.2 Å². The van der Waals surface area contributed by atoms with Gasteiger partial charge in [0.1, 0.15) is 5.75 Å². The first-order valence-corrected chi connectivity index (χ1v) is 6.46. The lowest BCUT2D eigenvalue weighted by atomic mass is 9.88. The van der Waals surface area contributed by atoms with Crippen LogP contribution in [0.25, 0.3) is 0 Å². The summed E-state index contributed by atoms with van der Waals surface area (Å²) in [7, 11) is 1.49. The summed E-state index contributed by atoms with van der Waals surface area (Å²) >= 11 is 0. The van der Waals surface area contributed by atoms with Crippen molar-refractivity contribution < 1.29 is 19.4 Å². The maximum atomic E-state index is 12.1. The van der Waals surface area contributed by atoms with E-state index >= 15 is 0 Å². The van der Waals surface area contributed by atoms with E-state index in [0.29, 0.717) is 11.7 Å². The van der Waals surface area contributed by atoms with Crippen LogP contribution >= 0.6 is 0 Å². The van der Waals surface area contributed by atoms with Crippen LogP contribution < -0.4 is 15.4 Å². The first-order valence-electron chi connectivity index (χ1n) is 6.46. The second-order valence-electron chi connectivity index (χ2n) is 4.91. The number of aromatic carboxylic acids is 1. The van der Waals surface area contributed by atoms with Crippen molar-refractivity contribution in [2.24, 2.45) is 11.8 Å². The molecule has 1 saturated heterocycles. The number of methoxy groups -OCH3 is 1. The fraction of sp³-hybridized carbons (Fsp3) is 0.429. The van der Waals surface area contributed by atoms with Gasteiger partial charge in [-0.25, -0.2) is 4.79 Å². The lowest BCUT2D eigenvalue weighted by Gasteiger charge is -2.31. The standard InChI is InChI=1S/C14H18N2O4/c1-8(9-6-15-7-9)13(17)16-12-5-10(20-2)3-4-11(12)14(18)19/h3-5,8-9,15H,6-7H2,1-2H3,(H,16,17)(H,18,19). The minimum absolute atomic E-state index is 0.0538. The summed E-state index contributed by atoms with van der Waals surface area (Å²) in [5.41, 5.74) is 0.319. The van der Waals surface area contributed by atoms with Gasteiger partial charge in [0.2, 0.25) is 5.91 Å². The highest BCUT2D eigenvalue weighted by atomic mass is 16.5. The fourth-order valence-electron chi connectivity index (χ4n) is 2.07. The van der Waals surface area contributed by atoms with Crippen molar-refractivity contribution in [2.75, 3.05) is 25.5 Å². The van der Waals surface area contributed by atoms with Crippen LogP contribution in [0.15, 0.2) is 18.2 Å². The molecule has 3 N–H and O–H groups in total. The van der Waals surface area contributed by atoms with Gasteiger partial charge in [0.05, 0.1) is 18.4 Å². The summed E-state index contributed by atoms with van der Waals surface area (Å²) in [4.78, 5) is 23.3. The molecule has 0 bridgehead atoms. The lowest BCUT2D eigenvalue weighted by Crippen LogP contribution is -2.48. The Morgan fingerprint density at radius 1 is 1.45 bits per heavy atom. The number of carboxylic acid groups (broad SMARTS) is 1. The highest BCUT2D eigenvalue weighted by Crippen LogP contribution is 2.24. The zero-order chi connectivity index (χ0) is 14.7. The van der Waals surface area contributed by atoms with Crippen molar-refractivity contribution in [1.29, 1.82) is 0 Å². The second kappa shape index (κ2) is 5.92. The number of carboxylic acids is 1. The van der Waals surface area contributed by atoms with E-state index in [2.05, 4.69) is 10.6 Å². The van der Waals surface area contributed by atoms with Gasteiger partial charge in [0.25, 0.3) is 0 Å². The number of amides is 1. The van der Waals surface area contributed by atoms with E-state index in [-0.39, 0.29) is 23.1 Å². The molecule has 2 rings (SSSR count). The highest BCUT2D eigenvalue weighted by Gasteiger charge is 2.29. The van der Waals surface area contributed by atoms with Gasteiger partial charge in [-0.05, 0) is 31.1 Å². The van der Waals surface area contributed by atoms with Crippen molar-refractivity contribution in [2.45, 2.75) is 6.92 Å². The molecule has 0 aromatic heterocycles. The van der Waals surface area contributed by atoms with Crippen molar-refractivity contribution in [3.8, 4) is 5.75 Å². The van der Waals surface area contributed by atoms with Crippen LogP contribution in [0.5, 0.6) is 5.75 Å². The Morgan fingerprint density at radius 3 is 2.65 bits per heavy atom. The van der Waals surface area contributed by atoms with Crippen LogP contribution in [0.3, 0.4) is 0 Å². The van der Waals surface area contributed by atoms with Gasteiger partial charge in [-0.15, -0.1) is 0 Å². The molecule has 6 nitrogen and oxygen atoms in total. The van der Waals surface area contributed by atoms with E-state index in [4.69, 9.17) is 9.84 Å². The predicted octanol–water partition coefficient (Wildman–Crippen LogP) is 1.19. The average Bonchev–Trinajstić information content (AvgIpc) is 2.36. The number of carbonyl (C=O) groups is 2. The summed E-state index contributed by atoms with van der Waals surface area (Å²) in [5, 5.41) is 14.9. The van der Waals surface area contributed by atoms with Crippen molar-refractivity contribution in [1.82, 2.24) is 5.32 Å². The second-order valence-corrected chi connectivity index (χ2v) is 4.91. The molecular formula is C14H18N2O4. The molecule has 1 atom stereocenters. The Kier molecular flexibility index (Phi) is 4.24. The van der Waals surface area contributed by atoms with Crippen LogP contribution in [0, 0.1) is 11.8 Å². The third-order valence-corrected chi connectivity index (χ3v) is 3.65. The minimum atomic E-state index is -1.08. The first kappa shape index (κ1) is 14.3. The summed E-state index contributed by atoms with van der Waals surface area (Å²) in [6, 6.07) is 4.50. The van der Waals surface area contributed by atoms with Crippen LogP contribution in [0.1, 0.15) is 17.3 Å². The first-order chi connectivity index (χ1) is 9.52. The SMILES string of the molecule is COc1ccc(C(=O)O)c(NC(=O)C(C)C2CNC2)c1. The number of nitrogens with one attached hydrogen (secondary N) is 2. The number of rotatable bonds is 5. The zero-order valence-corrected chi connectivity index (χ0v) is 11.5. The summed E-state index contributed by atoms with van der Waals surface area (Å²) in [5.74, 6) is -0.616. The largest absolute Gasteiger partial charge is 0.497 e. The molecule has 0 radical (unpaired) electrons. The number of hydrogen-bond donors (Lipinski definition) is 3. The van der Waals surface area contributed by atoms with Gasteiger partial charge in [0, 0.05) is 12.0 Å². The summed E-state index contributed by atoms with van der Waals surface area (Å²) < 4.78 is 5.06. The van der Waals surface area contributed by atoms with Gasteiger partial charge < -0.3 is 20.5 Å². The Bertz CT molecular complexity index is 526. The quantitative estimate of drug-likeness (QED) is 0.753. The van der Waals surface area contributed by atoms with Crippen LogP contribution in [-0.2, 0) is 4.79 Å². The Balaban J connectivity index is 2.17. The molecule has 0 aliphatic carbocycles. The van der Waals surface area contributed by atoms with Crippen molar-refractivity contribution >= 4 is 17.6 Å². The van der Waals surface area contributed by atoms with Gasteiger partial charge >= 0.3 is 5.97 Å². The van der Waals surface area contributed by atoms with Gasteiger partial charge in [0.15, 0.2) is 0 Å². The number of anilines is 1. The average molecular weight is 278 g/mol. The van der Waals surface area contributed by atoms with Crippen LogP contribution in [0.2, 0.25) is 0 Å². The predicted molar refractivity (Wildman–Crippen MR) is 74.1 cm³/mol. The van der Waals surface area contributed by atoms with Gasteiger partial charge in [-0.3, -0.25) is 4.79 Å². The molecule has 1 aliphatic rings. The topological polar surface area (TPSA) is 87.7 Å².